The molecule has 1 amide bonds. The van der Waals surface area contributed by atoms with E-state index in [1.807, 2.05) is 0 Å². The monoisotopic (exact) mass is 171 g/mol. The van der Waals surface area contributed by atoms with Gasteiger partial charge in [-0.15, -0.1) is 0 Å². The first-order valence-electron chi connectivity index (χ1n) is 4.33. The number of nitrogens with zero attached hydrogens (tertiary/aromatic N) is 1. The van der Waals surface area contributed by atoms with Crippen LogP contribution in [-0.4, -0.2) is 47.8 Å². The van der Waals surface area contributed by atoms with Crippen LogP contribution < -0.4 is 0 Å². The molecule has 0 bridgehead atoms. The molecule has 0 aromatic carbocycles. The maximum absolute atomic E-state index is 11.3. The molecule has 12 heavy (non-hydrogen) atoms. The highest BCUT2D eigenvalue weighted by atomic mass is 16.6. The first kappa shape index (κ1) is 8.01. The highest BCUT2D eigenvalue weighted by molar-refractivity contribution is 5.78. The summed E-state index contributed by atoms with van der Waals surface area (Å²) in [5.74, 6) is 0.157. The Morgan fingerprint density at radius 2 is 2.42 bits per heavy atom. The molecule has 2 aliphatic heterocycles. The molecule has 0 aromatic heterocycles. The fraction of sp³-hybridized carbons (Fsp3) is 0.875. The van der Waals surface area contributed by atoms with Crippen molar-refractivity contribution in [2.75, 3.05) is 19.8 Å². The van der Waals surface area contributed by atoms with Gasteiger partial charge in [-0.3, -0.25) is 4.79 Å². The number of epoxide rings is 1. The maximum Gasteiger partial charge on any atom is 0.223 e. The Morgan fingerprint density at radius 1 is 1.67 bits per heavy atom. The summed E-state index contributed by atoms with van der Waals surface area (Å²) in [6.45, 7) is 1.52. The molecule has 0 aromatic rings. The molecule has 2 heterocycles. The summed E-state index contributed by atoms with van der Waals surface area (Å²) in [7, 11) is 0. The second-order valence-corrected chi connectivity index (χ2v) is 3.38. The lowest BCUT2D eigenvalue weighted by Crippen LogP contribution is -2.38. The first-order valence-corrected chi connectivity index (χ1v) is 4.33. The van der Waals surface area contributed by atoms with Crippen molar-refractivity contribution in [3.63, 3.8) is 0 Å². The predicted octanol–water partition coefficient (Wildman–Crippen LogP) is -0.632. The summed E-state index contributed by atoms with van der Waals surface area (Å²) < 4.78 is 5.04. The number of aliphatic hydroxyl groups is 1. The lowest BCUT2D eigenvalue weighted by molar-refractivity contribution is -0.129. The molecule has 4 heteroatoms. The number of hydrogen-bond donors (Lipinski definition) is 1. The van der Waals surface area contributed by atoms with Crippen LogP contribution >= 0.6 is 0 Å². The van der Waals surface area contributed by atoms with Gasteiger partial charge in [-0.2, -0.15) is 0 Å². The molecule has 2 rings (SSSR count). The largest absolute Gasteiger partial charge is 0.394 e. The third-order valence-corrected chi connectivity index (χ3v) is 2.47. The second kappa shape index (κ2) is 3.03. The van der Waals surface area contributed by atoms with Crippen molar-refractivity contribution in [2.24, 2.45) is 0 Å². The van der Waals surface area contributed by atoms with E-state index in [-0.39, 0.29) is 24.7 Å². The normalized spacial score (nSPS) is 34.4. The van der Waals surface area contributed by atoms with E-state index in [9.17, 15) is 4.79 Å². The van der Waals surface area contributed by atoms with Gasteiger partial charge in [0.2, 0.25) is 5.91 Å². The third kappa shape index (κ3) is 1.44. The Labute approximate surface area is 71.1 Å². The molecule has 0 saturated carbocycles. The average molecular weight is 171 g/mol. The molecule has 2 aliphatic rings. The standard InChI is InChI=1S/C8H13NO3/c10-4-6-1-2-8(11)9(6)3-7-5-12-7/h6-7,10H,1-5H2. The molecular weight excluding hydrogens is 158 g/mol. The Morgan fingerprint density at radius 3 is 3.00 bits per heavy atom. The van der Waals surface area contributed by atoms with Crippen LogP contribution in [0.1, 0.15) is 12.8 Å². The highest BCUT2D eigenvalue weighted by Gasteiger charge is 2.35. The molecule has 2 fully saturated rings. The number of amides is 1. The smallest absolute Gasteiger partial charge is 0.223 e. The number of rotatable bonds is 3. The fourth-order valence-corrected chi connectivity index (χ4v) is 1.63. The van der Waals surface area contributed by atoms with Crippen LogP contribution in [0.5, 0.6) is 0 Å². The zero-order chi connectivity index (χ0) is 8.55. The van der Waals surface area contributed by atoms with E-state index in [0.29, 0.717) is 13.0 Å². The van der Waals surface area contributed by atoms with Crippen molar-refractivity contribution >= 4 is 5.91 Å². The van der Waals surface area contributed by atoms with Gasteiger partial charge in [0.1, 0.15) is 0 Å². The number of carbonyl (C=O) groups excluding carboxylic acids is 1. The lowest BCUT2D eigenvalue weighted by Gasteiger charge is -2.21. The first-order chi connectivity index (χ1) is 5.81. The number of hydrogen-bond acceptors (Lipinski definition) is 3. The minimum atomic E-state index is 0.0432. The van der Waals surface area contributed by atoms with Gasteiger partial charge in [0.25, 0.3) is 0 Å². The Balaban J connectivity index is 1.93. The zero-order valence-electron chi connectivity index (χ0n) is 6.90. The van der Waals surface area contributed by atoms with E-state index in [4.69, 9.17) is 9.84 Å². The van der Waals surface area contributed by atoms with E-state index in [1.165, 1.54) is 0 Å². The minimum absolute atomic E-state index is 0.0432. The second-order valence-electron chi connectivity index (χ2n) is 3.38. The summed E-state index contributed by atoms with van der Waals surface area (Å²) in [6, 6.07) is 0.0432. The van der Waals surface area contributed by atoms with Crippen LogP contribution in [0.25, 0.3) is 0 Å². The van der Waals surface area contributed by atoms with Gasteiger partial charge in [-0.1, -0.05) is 0 Å². The van der Waals surface area contributed by atoms with E-state index in [1.54, 1.807) is 4.90 Å². The highest BCUT2D eigenvalue weighted by Crippen LogP contribution is 2.21. The van der Waals surface area contributed by atoms with Crippen LogP contribution in [0.15, 0.2) is 0 Å². The van der Waals surface area contributed by atoms with Gasteiger partial charge < -0.3 is 14.7 Å². The number of ether oxygens (including phenoxy) is 1. The quantitative estimate of drug-likeness (QED) is 0.575. The van der Waals surface area contributed by atoms with Crippen molar-refractivity contribution in [1.82, 2.24) is 4.90 Å². The molecule has 0 spiro atoms. The zero-order valence-corrected chi connectivity index (χ0v) is 6.90. The van der Waals surface area contributed by atoms with Crippen LogP contribution in [0.3, 0.4) is 0 Å². The Hall–Kier alpha value is -0.610. The van der Waals surface area contributed by atoms with Crippen molar-refractivity contribution in [1.29, 1.82) is 0 Å². The van der Waals surface area contributed by atoms with Crippen LogP contribution in [0, 0.1) is 0 Å². The molecule has 2 atom stereocenters. The SMILES string of the molecule is O=C1CCC(CO)N1CC1CO1. The maximum atomic E-state index is 11.3. The molecular formula is C8H13NO3. The summed E-state index contributed by atoms with van der Waals surface area (Å²) in [6.07, 6.45) is 1.61. The van der Waals surface area contributed by atoms with Gasteiger partial charge in [0.05, 0.1) is 25.4 Å². The van der Waals surface area contributed by atoms with E-state index in [0.717, 1.165) is 13.0 Å². The van der Waals surface area contributed by atoms with E-state index in [2.05, 4.69) is 0 Å². The summed E-state index contributed by atoms with van der Waals surface area (Å²) >= 11 is 0. The molecule has 68 valence electrons. The summed E-state index contributed by atoms with van der Waals surface area (Å²) in [5.41, 5.74) is 0. The van der Waals surface area contributed by atoms with Crippen LogP contribution in [-0.2, 0) is 9.53 Å². The average Bonchev–Trinajstić information content (AvgIpc) is 2.80. The number of aliphatic hydroxyl groups excluding tert-OH is 1. The van der Waals surface area contributed by atoms with E-state index >= 15 is 0 Å². The van der Waals surface area contributed by atoms with Crippen molar-refractivity contribution in [3.05, 3.63) is 0 Å². The summed E-state index contributed by atoms with van der Waals surface area (Å²) in [4.78, 5) is 13.0. The van der Waals surface area contributed by atoms with E-state index < -0.39 is 0 Å². The van der Waals surface area contributed by atoms with Crippen molar-refractivity contribution < 1.29 is 14.6 Å². The van der Waals surface area contributed by atoms with Crippen molar-refractivity contribution in [2.45, 2.75) is 25.0 Å². The molecule has 2 unspecified atom stereocenters. The molecule has 2 saturated heterocycles. The number of likely N-dealkylation sites (tertiary alicyclic amines) is 1. The van der Waals surface area contributed by atoms with Gasteiger partial charge in [0.15, 0.2) is 0 Å². The van der Waals surface area contributed by atoms with Crippen LogP contribution in [0.4, 0.5) is 0 Å². The van der Waals surface area contributed by atoms with Crippen molar-refractivity contribution in [3.8, 4) is 0 Å². The predicted molar refractivity (Wildman–Crippen MR) is 41.6 cm³/mol. The topological polar surface area (TPSA) is 53.1 Å². The van der Waals surface area contributed by atoms with Gasteiger partial charge >= 0.3 is 0 Å². The molecule has 0 radical (unpaired) electrons. The molecule has 0 aliphatic carbocycles. The van der Waals surface area contributed by atoms with Gasteiger partial charge in [0, 0.05) is 13.0 Å². The lowest BCUT2D eigenvalue weighted by atomic mass is 10.2. The molecule has 1 N–H and O–H groups in total. The summed E-state index contributed by atoms with van der Waals surface area (Å²) in [5, 5.41) is 8.95. The number of carbonyl (C=O) groups is 1. The van der Waals surface area contributed by atoms with Gasteiger partial charge in [-0.05, 0) is 6.42 Å². The Bertz CT molecular complexity index is 191. The fourth-order valence-electron chi connectivity index (χ4n) is 1.63. The van der Waals surface area contributed by atoms with Gasteiger partial charge in [-0.25, -0.2) is 0 Å². The third-order valence-electron chi connectivity index (χ3n) is 2.47. The molecule has 4 nitrogen and oxygen atoms in total. The van der Waals surface area contributed by atoms with Crippen LogP contribution in [0.2, 0.25) is 0 Å². The minimum Gasteiger partial charge on any atom is -0.394 e. The Kier molecular flexibility index (Phi) is 2.02.